The molecule has 0 aliphatic carbocycles. The predicted molar refractivity (Wildman–Crippen MR) is 48.5 cm³/mol. The lowest BCUT2D eigenvalue weighted by atomic mass is 10.1. The van der Waals surface area contributed by atoms with Gasteiger partial charge < -0.3 is 0 Å². The topological polar surface area (TPSA) is 46.5 Å². The molecular formula is C9H6ClNO2. The summed E-state index contributed by atoms with van der Waals surface area (Å²) in [5.41, 5.74) is 1.27. The molecule has 0 heterocycles. The summed E-state index contributed by atoms with van der Waals surface area (Å²) in [5, 5.41) is -0.495. The van der Waals surface area contributed by atoms with E-state index in [1.165, 1.54) is 6.08 Å². The van der Waals surface area contributed by atoms with Crippen LogP contribution in [0.25, 0.3) is 0 Å². The van der Waals surface area contributed by atoms with Crippen LogP contribution in [0.1, 0.15) is 15.9 Å². The Balaban J connectivity index is 2.80. The van der Waals surface area contributed by atoms with Crippen LogP contribution in [0.3, 0.4) is 0 Å². The molecule has 0 radical (unpaired) electrons. The van der Waals surface area contributed by atoms with Gasteiger partial charge in [-0.1, -0.05) is 12.1 Å². The molecule has 0 aliphatic heterocycles. The molecule has 0 unspecified atom stereocenters. The van der Waals surface area contributed by atoms with E-state index in [9.17, 15) is 9.59 Å². The van der Waals surface area contributed by atoms with Gasteiger partial charge in [-0.15, -0.1) is 0 Å². The van der Waals surface area contributed by atoms with Gasteiger partial charge in [-0.3, -0.25) is 4.79 Å². The number of rotatable bonds is 3. The van der Waals surface area contributed by atoms with Crippen molar-refractivity contribution in [3.63, 3.8) is 0 Å². The van der Waals surface area contributed by atoms with Crippen molar-refractivity contribution in [2.24, 2.45) is 4.99 Å². The Bertz CT molecular complexity index is 352. The van der Waals surface area contributed by atoms with Crippen molar-refractivity contribution < 1.29 is 9.59 Å². The summed E-state index contributed by atoms with van der Waals surface area (Å²) in [6.07, 6.45) is 1.44. The minimum atomic E-state index is -0.495. The first-order chi connectivity index (χ1) is 6.24. The molecule has 1 aromatic rings. The maximum absolute atomic E-state index is 10.7. The van der Waals surface area contributed by atoms with Crippen LogP contribution in [0.4, 0.5) is 0 Å². The fourth-order valence-electron chi connectivity index (χ4n) is 0.865. The average Bonchev–Trinajstić information content (AvgIpc) is 2.15. The lowest BCUT2D eigenvalue weighted by Crippen LogP contribution is -1.89. The summed E-state index contributed by atoms with van der Waals surface area (Å²) >= 11 is 5.24. The van der Waals surface area contributed by atoms with Gasteiger partial charge in [-0.25, -0.2) is 9.79 Å². The summed E-state index contributed by atoms with van der Waals surface area (Å²) in [6, 6.07) is 6.56. The molecule has 0 atom stereocenters. The van der Waals surface area contributed by atoms with Crippen molar-refractivity contribution in [1.82, 2.24) is 0 Å². The Morgan fingerprint density at radius 2 is 2.00 bits per heavy atom. The molecule has 0 aliphatic rings. The van der Waals surface area contributed by atoms with Crippen molar-refractivity contribution in [1.29, 1.82) is 0 Å². The van der Waals surface area contributed by atoms with E-state index in [4.69, 9.17) is 11.6 Å². The molecule has 1 aromatic carbocycles. The van der Waals surface area contributed by atoms with Crippen molar-refractivity contribution in [3.05, 3.63) is 35.4 Å². The molecule has 0 saturated carbocycles. The van der Waals surface area contributed by atoms with Gasteiger partial charge >= 0.3 is 0 Å². The highest BCUT2D eigenvalue weighted by molar-refractivity contribution is 6.67. The first-order valence-electron chi connectivity index (χ1n) is 3.56. The fraction of sp³-hybridized carbons (Fsp3) is 0.111. The number of carbonyl (C=O) groups is 1. The van der Waals surface area contributed by atoms with Crippen molar-refractivity contribution in [2.45, 2.75) is 6.54 Å². The van der Waals surface area contributed by atoms with E-state index in [1.807, 2.05) is 0 Å². The van der Waals surface area contributed by atoms with Gasteiger partial charge in [0.1, 0.15) is 0 Å². The SMILES string of the molecule is O=C=NCc1ccc(C(=O)Cl)cc1. The van der Waals surface area contributed by atoms with E-state index >= 15 is 0 Å². The zero-order valence-electron chi connectivity index (χ0n) is 6.66. The molecule has 0 saturated heterocycles. The summed E-state index contributed by atoms with van der Waals surface area (Å²) in [6.45, 7) is 0.278. The van der Waals surface area contributed by atoms with E-state index in [-0.39, 0.29) is 6.54 Å². The van der Waals surface area contributed by atoms with Crippen LogP contribution in [0.2, 0.25) is 0 Å². The Morgan fingerprint density at radius 1 is 1.38 bits per heavy atom. The smallest absolute Gasteiger partial charge is 0.252 e. The summed E-state index contributed by atoms with van der Waals surface area (Å²) in [5.74, 6) is 0. The lowest BCUT2D eigenvalue weighted by molar-refractivity contribution is 0.108. The minimum absolute atomic E-state index is 0.278. The normalized spacial score (nSPS) is 9.00. The standard InChI is InChI=1S/C9H6ClNO2/c10-9(13)8-3-1-7(2-4-8)5-11-6-12/h1-4H,5H2. The second-order valence-corrected chi connectivity index (χ2v) is 2.72. The van der Waals surface area contributed by atoms with Crippen molar-refractivity contribution in [2.75, 3.05) is 0 Å². The van der Waals surface area contributed by atoms with Gasteiger partial charge in [0.2, 0.25) is 6.08 Å². The number of halogens is 1. The van der Waals surface area contributed by atoms with Crippen LogP contribution in [0, 0.1) is 0 Å². The van der Waals surface area contributed by atoms with Crippen molar-refractivity contribution in [3.8, 4) is 0 Å². The van der Waals surface area contributed by atoms with E-state index in [2.05, 4.69) is 4.99 Å². The molecule has 0 N–H and O–H groups in total. The highest BCUT2D eigenvalue weighted by Gasteiger charge is 1.99. The average molecular weight is 196 g/mol. The molecule has 0 spiro atoms. The monoisotopic (exact) mass is 195 g/mol. The quantitative estimate of drug-likeness (QED) is 0.420. The Morgan fingerprint density at radius 3 is 2.46 bits per heavy atom. The van der Waals surface area contributed by atoms with E-state index in [0.717, 1.165) is 5.56 Å². The van der Waals surface area contributed by atoms with E-state index in [0.29, 0.717) is 5.56 Å². The summed E-state index contributed by atoms with van der Waals surface area (Å²) < 4.78 is 0. The number of aliphatic imine (C=N–C) groups is 1. The largest absolute Gasteiger partial charge is 0.276 e. The summed E-state index contributed by atoms with van der Waals surface area (Å²) in [7, 11) is 0. The molecule has 3 nitrogen and oxygen atoms in total. The summed E-state index contributed by atoms with van der Waals surface area (Å²) in [4.78, 5) is 23.8. The Hall–Kier alpha value is -1.44. The number of hydrogen-bond acceptors (Lipinski definition) is 3. The molecule has 4 heteroatoms. The van der Waals surface area contributed by atoms with Gasteiger partial charge in [0.25, 0.3) is 5.24 Å². The van der Waals surface area contributed by atoms with Gasteiger partial charge in [-0.05, 0) is 29.3 Å². The molecule has 0 bridgehead atoms. The molecular weight excluding hydrogens is 190 g/mol. The third kappa shape index (κ3) is 2.82. The fourth-order valence-corrected chi connectivity index (χ4v) is 0.991. The molecule has 0 amide bonds. The first-order valence-corrected chi connectivity index (χ1v) is 3.94. The van der Waals surface area contributed by atoms with Crippen LogP contribution >= 0.6 is 11.6 Å². The maximum atomic E-state index is 10.7. The van der Waals surface area contributed by atoms with Crippen LogP contribution in [-0.2, 0) is 11.3 Å². The third-order valence-electron chi connectivity index (χ3n) is 1.51. The van der Waals surface area contributed by atoms with Crippen LogP contribution < -0.4 is 0 Å². The number of carbonyl (C=O) groups excluding carboxylic acids is 2. The van der Waals surface area contributed by atoms with E-state index in [1.54, 1.807) is 24.3 Å². The Labute approximate surface area is 80.0 Å². The minimum Gasteiger partial charge on any atom is -0.276 e. The van der Waals surface area contributed by atoms with Gasteiger partial charge in [-0.2, -0.15) is 0 Å². The van der Waals surface area contributed by atoms with E-state index < -0.39 is 5.24 Å². The number of benzene rings is 1. The molecule has 1 rings (SSSR count). The zero-order chi connectivity index (χ0) is 9.68. The highest BCUT2D eigenvalue weighted by atomic mass is 35.5. The lowest BCUT2D eigenvalue weighted by Gasteiger charge is -1.95. The molecule has 0 aromatic heterocycles. The molecule has 13 heavy (non-hydrogen) atoms. The number of nitrogens with zero attached hydrogens (tertiary/aromatic N) is 1. The maximum Gasteiger partial charge on any atom is 0.252 e. The highest BCUT2D eigenvalue weighted by Crippen LogP contribution is 2.07. The third-order valence-corrected chi connectivity index (χ3v) is 1.73. The van der Waals surface area contributed by atoms with Gasteiger partial charge in [0.05, 0.1) is 6.54 Å². The second kappa shape index (κ2) is 4.55. The number of hydrogen-bond donors (Lipinski definition) is 0. The van der Waals surface area contributed by atoms with Crippen molar-refractivity contribution >= 4 is 22.9 Å². The molecule has 0 fully saturated rings. The van der Waals surface area contributed by atoms with Gasteiger partial charge in [0, 0.05) is 5.56 Å². The van der Waals surface area contributed by atoms with Crippen LogP contribution in [-0.4, -0.2) is 11.3 Å². The number of isocyanates is 1. The molecule has 66 valence electrons. The van der Waals surface area contributed by atoms with Gasteiger partial charge in [0.15, 0.2) is 0 Å². The first kappa shape index (κ1) is 9.65. The van der Waals surface area contributed by atoms with Crippen LogP contribution in [0.5, 0.6) is 0 Å². The Kier molecular flexibility index (Phi) is 3.38. The predicted octanol–water partition coefficient (Wildman–Crippen LogP) is 1.90. The van der Waals surface area contributed by atoms with Crippen LogP contribution in [0.15, 0.2) is 29.3 Å². The zero-order valence-corrected chi connectivity index (χ0v) is 7.41. The second-order valence-electron chi connectivity index (χ2n) is 2.38.